The average molecular weight is 355 g/mol. The largest absolute Gasteiger partial charge is 0.497 e. The van der Waals surface area contributed by atoms with Crippen molar-refractivity contribution in [2.45, 2.75) is 0 Å². The van der Waals surface area contributed by atoms with Gasteiger partial charge >= 0.3 is 0 Å². The van der Waals surface area contributed by atoms with E-state index in [1.807, 2.05) is 24.3 Å². The van der Waals surface area contributed by atoms with E-state index in [4.69, 9.17) is 4.74 Å². The van der Waals surface area contributed by atoms with Gasteiger partial charge in [-0.2, -0.15) is 0 Å². The second-order valence-corrected chi connectivity index (χ2v) is 5.86. The molecule has 0 saturated carbocycles. The summed E-state index contributed by atoms with van der Waals surface area (Å²) in [6.07, 6.45) is 0. The van der Waals surface area contributed by atoms with E-state index >= 15 is 0 Å². The number of carbonyl (C=O) groups is 1. The maximum Gasteiger partial charge on any atom is 0.282 e. The number of ether oxygens (including phenoxy) is 1. The average Bonchev–Trinajstić information content (AvgIpc) is 3.10. The second-order valence-electron chi connectivity index (χ2n) is 5.00. The topological polar surface area (TPSA) is 94.4 Å². The minimum Gasteiger partial charge on any atom is -0.497 e. The number of aromatic nitrogens is 1. The first-order valence-electron chi connectivity index (χ1n) is 7.23. The molecule has 1 N–H and O–H groups in total. The van der Waals surface area contributed by atoms with Crippen LogP contribution in [0, 0.1) is 10.1 Å². The van der Waals surface area contributed by atoms with E-state index in [1.165, 1.54) is 29.5 Å². The van der Waals surface area contributed by atoms with Gasteiger partial charge in [-0.3, -0.25) is 20.2 Å². The van der Waals surface area contributed by atoms with Gasteiger partial charge in [-0.1, -0.05) is 24.3 Å². The summed E-state index contributed by atoms with van der Waals surface area (Å²) in [5.74, 6) is 0.134. The Morgan fingerprint density at radius 1 is 1.24 bits per heavy atom. The molecule has 3 rings (SSSR count). The van der Waals surface area contributed by atoms with Crippen molar-refractivity contribution in [2.75, 3.05) is 12.4 Å². The van der Waals surface area contributed by atoms with Crippen LogP contribution in [0.15, 0.2) is 53.9 Å². The van der Waals surface area contributed by atoms with Crippen molar-refractivity contribution in [2.24, 2.45) is 0 Å². The van der Waals surface area contributed by atoms with Gasteiger partial charge < -0.3 is 4.74 Å². The van der Waals surface area contributed by atoms with E-state index in [1.54, 1.807) is 18.6 Å². The minimum absolute atomic E-state index is 0.00868. The zero-order valence-corrected chi connectivity index (χ0v) is 13.9. The first-order valence-corrected chi connectivity index (χ1v) is 8.11. The van der Waals surface area contributed by atoms with Crippen LogP contribution in [0.3, 0.4) is 0 Å². The number of nitro groups is 1. The Hall–Kier alpha value is -3.26. The molecule has 3 aromatic rings. The minimum atomic E-state index is -0.585. The van der Waals surface area contributed by atoms with Crippen LogP contribution in [0.1, 0.15) is 10.4 Å². The Morgan fingerprint density at radius 2 is 2.04 bits per heavy atom. The molecule has 1 amide bonds. The quantitative estimate of drug-likeness (QED) is 0.552. The number of thiazole rings is 1. The lowest BCUT2D eigenvalue weighted by atomic mass is 10.1. The molecule has 0 bridgehead atoms. The third-order valence-corrected chi connectivity index (χ3v) is 4.19. The van der Waals surface area contributed by atoms with Crippen molar-refractivity contribution in [1.82, 2.24) is 4.98 Å². The van der Waals surface area contributed by atoms with Crippen LogP contribution in [0.2, 0.25) is 0 Å². The van der Waals surface area contributed by atoms with Gasteiger partial charge in [0.2, 0.25) is 0 Å². The lowest BCUT2D eigenvalue weighted by Crippen LogP contribution is -2.13. The van der Waals surface area contributed by atoms with Crippen molar-refractivity contribution >= 4 is 28.1 Å². The summed E-state index contributed by atoms with van der Waals surface area (Å²) < 4.78 is 5.18. The first-order chi connectivity index (χ1) is 12.1. The molecule has 0 fully saturated rings. The molecule has 0 aliphatic heterocycles. The molecule has 0 saturated heterocycles. The lowest BCUT2D eigenvalue weighted by molar-refractivity contribution is -0.385. The number of amides is 1. The summed E-state index contributed by atoms with van der Waals surface area (Å²) in [4.78, 5) is 27.1. The molecule has 1 heterocycles. The summed E-state index contributed by atoms with van der Waals surface area (Å²) in [5.41, 5.74) is 1.28. The van der Waals surface area contributed by atoms with Gasteiger partial charge in [0.1, 0.15) is 11.3 Å². The van der Waals surface area contributed by atoms with Crippen LogP contribution < -0.4 is 10.1 Å². The first kappa shape index (κ1) is 16.6. The Kier molecular flexibility index (Phi) is 4.71. The number of nitro benzene ring substituents is 1. The van der Waals surface area contributed by atoms with E-state index in [2.05, 4.69) is 10.3 Å². The third-order valence-electron chi connectivity index (χ3n) is 3.44. The van der Waals surface area contributed by atoms with Crippen LogP contribution in [-0.2, 0) is 0 Å². The smallest absolute Gasteiger partial charge is 0.282 e. The summed E-state index contributed by atoms with van der Waals surface area (Å²) in [6.45, 7) is 0. The number of hydrogen-bond acceptors (Lipinski definition) is 6. The normalized spacial score (nSPS) is 10.3. The maximum absolute atomic E-state index is 12.3. The molecule has 126 valence electrons. The Bertz CT molecular complexity index is 939. The Balaban J connectivity index is 1.82. The number of rotatable bonds is 5. The Morgan fingerprint density at radius 3 is 2.80 bits per heavy atom. The highest BCUT2D eigenvalue weighted by Crippen LogP contribution is 2.28. The predicted molar refractivity (Wildman–Crippen MR) is 95.2 cm³/mol. The van der Waals surface area contributed by atoms with Gasteiger partial charge in [0, 0.05) is 17.0 Å². The Labute approximate surface area is 147 Å². The van der Waals surface area contributed by atoms with Gasteiger partial charge in [0.15, 0.2) is 5.13 Å². The number of nitrogens with zero attached hydrogens (tertiary/aromatic N) is 2. The summed E-state index contributed by atoms with van der Waals surface area (Å²) in [5, 5.41) is 15.8. The molecule has 8 heteroatoms. The summed E-state index contributed by atoms with van der Waals surface area (Å²) >= 11 is 1.24. The number of hydrogen-bond donors (Lipinski definition) is 1. The fourth-order valence-electron chi connectivity index (χ4n) is 2.24. The fourth-order valence-corrected chi connectivity index (χ4v) is 2.95. The molecule has 7 nitrogen and oxygen atoms in total. The van der Waals surface area contributed by atoms with Crippen LogP contribution in [0.4, 0.5) is 10.8 Å². The van der Waals surface area contributed by atoms with E-state index in [0.717, 1.165) is 5.56 Å². The summed E-state index contributed by atoms with van der Waals surface area (Å²) in [7, 11) is 1.58. The number of benzene rings is 2. The highest BCUT2D eigenvalue weighted by atomic mass is 32.1. The molecule has 0 unspecified atom stereocenters. The molecule has 25 heavy (non-hydrogen) atoms. The number of methoxy groups -OCH3 is 1. The molecular weight excluding hydrogens is 342 g/mol. The van der Waals surface area contributed by atoms with Gasteiger partial charge in [-0.15, -0.1) is 11.3 Å². The fraction of sp³-hybridized carbons (Fsp3) is 0.0588. The number of carbonyl (C=O) groups excluding carboxylic acids is 1. The molecule has 0 spiro atoms. The zero-order valence-electron chi connectivity index (χ0n) is 13.1. The van der Waals surface area contributed by atoms with Crippen molar-refractivity contribution in [3.63, 3.8) is 0 Å². The maximum atomic E-state index is 12.3. The van der Waals surface area contributed by atoms with Gasteiger partial charge in [0.05, 0.1) is 17.7 Å². The number of anilines is 1. The monoisotopic (exact) mass is 355 g/mol. The second kappa shape index (κ2) is 7.10. The third kappa shape index (κ3) is 3.64. The standard InChI is InChI=1S/C17H13N3O4S/c1-24-12-6-4-5-11(9-12)14-10-25-17(18-14)19-16(21)13-7-2-3-8-15(13)20(22)23/h2-10H,1H3,(H,18,19,21). The molecule has 0 aliphatic carbocycles. The van der Waals surface area contributed by atoms with Crippen LogP contribution in [0.5, 0.6) is 5.75 Å². The van der Waals surface area contributed by atoms with Gasteiger partial charge in [-0.05, 0) is 18.2 Å². The predicted octanol–water partition coefficient (Wildman–Crippen LogP) is 3.98. The van der Waals surface area contributed by atoms with Crippen LogP contribution >= 0.6 is 11.3 Å². The van der Waals surface area contributed by atoms with Crippen molar-refractivity contribution in [3.05, 3.63) is 69.6 Å². The van der Waals surface area contributed by atoms with Crippen molar-refractivity contribution in [1.29, 1.82) is 0 Å². The molecule has 2 aromatic carbocycles. The van der Waals surface area contributed by atoms with Crippen molar-refractivity contribution < 1.29 is 14.5 Å². The van der Waals surface area contributed by atoms with E-state index in [-0.39, 0.29) is 11.3 Å². The number of para-hydroxylation sites is 1. The van der Waals surface area contributed by atoms with Gasteiger partial charge in [-0.25, -0.2) is 4.98 Å². The molecule has 0 aliphatic rings. The highest BCUT2D eigenvalue weighted by molar-refractivity contribution is 7.14. The van der Waals surface area contributed by atoms with Crippen LogP contribution in [0.25, 0.3) is 11.3 Å². The highest BCUT2D eigenvalue weighted by Gasteiger charge is 2.20. The zero-order chi connectivity index (χ0) is 17.8. The SMILES string of the molecule is COc1cccc(-c2csc(NC(=O)c3ccccc3[N+](=O)[O-])n2)c1. The molecule has 0 atom stereocenters. The summed E-state index contributed by atoms with van der Waals surface area (Å²) in [6, 6.07) is 13.2. The van der Waals surface area contributed by atoms with Gasteiger partial charge in [0.25, 0.3) is 11.6 Å². The van der Waals surface area contributed by atoms with Crippen LogP contribution in [-0.4, -0.2) is 22.9 Å². The lowest BCUT2D eigenvalue weighted by Gasteiger charge is -2.03. The van der Waals surface area contributed by atoms with E-state index < -0.39 is 10.8 Å². The molecule has 0 radical (unpaired) electrons. The number of nitrogens with one attached hydrogen (secondary N) is 1. The van der Waals surface area contributed by atoms with E-state index in [0.29, 0.717) is 16.6 Å². The molecular formula is C17H13N3O4S. The van der Waals surface area contributed by atoms with E-state index in [9.17, 15) is 14.9 Å². The van der Waals surface area contributed by atoms with Crippen molar-refractivity contribution in [3.8, 4) is 17.0 Å². The molecule has 1 aromatic heterocycles.